The first kappa shape index (κ1) is 17.0. The lowest BCUT2D eigenvalue weighted by atomic mass is 10.0. The first-order valence-electron chi connectivity index (χ1n) is 8.90. The predicted molar refractivity (Wildman–Crippen MR) is 109 cm³/mol. The van der Waals surface area contributed by atoms with Crippen molar-refractivity contribution in [3.63, 3.8) is 0 Å². The summed E-state index contributed by atoms with van der Waals surface area (Å²) in [5.74, 6) is 1.71. The fourth-order valence-electron chi connectivity index (χ4n) is 2.87. The third-order valence-electron chi connectivity index (χ3n) is 4.29. The molecule has 0 aliphatic carbocycles. The predicted octanol–water partition coefficient (Wildman–Crippen LogP) is 1.04. The summed E-state index contributed by atoms with van der Waals surface area (Å²) >= 11 is 0. The molecule has 0 spiro atoms. The fraction of sp³-hybridized carbons (Fsp3) is 0.158. The van der Waals surface area contributed by atoms with Gasteiger partial charge in [-0.3, -0.25) is 9.97 Å². The van der Waals surface area contributed by atoms with E-state index in [1.165, 1.54) is 5.56 Å². The van der Waals surface area contributed by atoms with E-state index in [-0.39, 0.29) is 0 Å². The lowest BCUT2D eigenvalue weighted by molar-refractivity contribution is 0.918. The molecule has 0 unspecified atom stereocenters. The average molecular weight is 357 g/mol. The Morgan fingerprint density at radius 2 is 1.74 bits per heavy atom. The zero-order chi connectivity index (χ0) is 18.5. The molecule has 4 aromatic heterocycles. The largest absolute Gasteiger partial charge is 0.370 e. The van der Waals surface area contributed by atoms with E-state index in [0.29, 0.717) is 6.54 Å². The highest BCUT2D eigenvalue weighted by Gasteiger charge is 2.09. The first-order chi connectivity index (χ1) is 13.3. The Hall–Kier alpha value is -3.42. The minimum absolute atomic E-state index is 0.668. The van der Waals surface area contributed by atoms with E-state index in [2.05, 4.69) is 31.8 Å². The number of hydrogen-bond donors (Lipinski definition) is 2. The molecule has 8 heteroatoms. The van der Waals surface area contributed by atoms with Crippen LogP contribution in [0.15, 0.2) is 61.3 Å². The quantitative estimate of drug-likeness (QED) is 0.481. The molecule has 0 saturated heterocycles. The zero-order valence-electron chi connectivity index (χ0n) is 15.1. The third kappa shape index (κ3) is 4.05. The molecule has 4 heterocycles. The molecular weight excluding hydrogens is 337 g/mol. The molecule has 7 nitrogen and oxygen atoms in total. The molecular formula is C19H20BN7. The van der Waals surface area contributed by atoms with Gasteiger partial charge in [-0.05, 0) is 35.1 Å². The van der Waals surface area contributed by atoms with E-state index in [9.17, 15) is 0 Å². The normalized spacial score (nSPS) is 10.8. The van der Waals surface area contributed by atoms with Gasteiger partial charge < -0.3 is 10.6 Å². The molecule has 2 N–H and O–H groups in total. The first-order valence-corrected chi connectivity index (χ1v) is 8.90. The van der Waals surface area contributed by atoms with Crippen molar-refractivity contribution in [1.29, 1.82) is 0 Å². The van der Waals surface area contributed by atoms with Crippen LogP contribution < -0.4 is 16.1 Å². The van der Waals surface area contributed by atoms with Crippen molar-refractivity contribution in [2.75, 3.05) is 17.2 Å². The van der Waals surface area contributed by atoms with E-state index in [1.807, 2.05) is 55.2 Å². The van der Waals surface area contributed by atoms with Crippen molar-refractivity contribution in [3.8, 4) is 0 Å². The molecule has 0 bridgehead atoms. The van der Waals surface area contributed by atoms with E-state index < -0.39 is 0 Å². The number of rotatable bonds is 7. The van der Waals surface area contributed by atoms with Gasteiger partial charge in [0.2, 0.25) is 0 Å². The molecule has 0 atom stereocenters. The van der Waals surface area contributed by atoms with E-state index in [1.54, 1.807) is 12.4 Å². The number of anilines is 2. The molecule has 0 saturated carbocycles. The summed E-state index contributed by atoms with van der Waals surface area (Å²) in [6.45, 7) is 1.45. The summed E-state index contributed by atoms with van der Waals surface area (Å²) in [6, 6.07) is 9.99. The van der Waals surface area contributed by atoms with Crippen molar-refractivity contribution >= 4 is 30.6 Å². The molecule has 4 rings (SSSR count). The number of nitrogens with one attached hydrogen (secondary N) is 2. The smallest absolute Gasteiger partial charge is 0.153 e. The Bertz CT molecular complexity index is 1020. The van der Waals surface area contributed by atoms with E-state index >= 15 is 0 Å². The lowest BCUT2D eigenvalue weighted by Gasteiger charge is -2.12. The Kier molecular flexibility index (Phi) is 4.96. The van der Waals surface area contributed by atoms with Crippen LogP contribution in [0, 0.1) is 0 Å². The Morgan fingerprint density at radius 3 is 2.48 bits per heavy atom. The molecule has 0 amide bonds. The van der Waals surface area contributed by atoms with Gasteiger partial charge in [0.15, 0.2) is 5.65 Å². The molecule has 0 aromatic carbocycles. The number of nitrogens with zero attached hydrogens (tertiary/aromatic N) is 5. The van der Waals surface area contributed by atoms with Crippen LogP contribution in [0.2, 0.25) is 0 Å². The van der Waals surface area contributed by atoms with Gasteiger partial charge in [0, 0.05) is 50.1 Å². The van der Waals surface area contributed by atoms with Gasteiger partial charge in [-0.25, -0.2) is 4.98 Å². The Balaban J connectivity index is 1.51. The molecule has 27 heavy (non-hydrogen) atoms. The van der Waals surface area contributed by atoms with Crippen molar-refractivity contribution < 1.29 is 0 Å². The van der Waals surface area contributed by atoms with Crippen molar-refractivity contribution in [2.24, 2.45) is 0 Å². The maximum atomic E-state index is 4.70. The second-order valence-corrected chi connectivity index (χ2v) is 6.34. The van der Waals surface area contributed by atoms with Gasteiger partial charge in [-0.1, -0.05) is 12.1 Å². The highest BCUT2D eigenvalue weighted by Crippen LogP contribution is 2.16. The number of fused-ring (bicyclic) bond motifs is 1. The molecule has 0 aliphatic rings. The van der Waals surface area contributed by atoms with Crippen LogP contribution in [0.4, 0.5) is 11.6 Å². The maximum Gasteiger partial charge on any atom is 0.153 e. The summed E-state index contributed by atoms with van der Waals surface area (Å²) in [6.07, 6.45) is 10.0. The topological polar surface area (TPSA) is 80.0 Å². The maximum absolute atomic E-state index is 4.70. The highest BCUT2D eigenvalue weighted by atomic mass is 15.3. The SMILES string of the molecule is Bc1cnn2c(NCc3cccnc3)cc(NCCc3cccnc3)nc12. The Morgan fingerprint density at radius 1 is 0.963 bits per heavy atom. The van der Waals surface area contributed by atoms with Gasteiger partial charge >= 0.3 is 0 Å². The minimum Gasteiger partial charge on any atom is -0.370 e. The minimum atomic E-state index is 0.668. The van der Waals surface area contributed by atoms with Crippen LogP contribution >= 0.6 is 0 Å². The number of aromatic nitrogens is 5. The third-order valence-corrected chi connectivity index (χ3v) is 4.29. The monoisotopic (exact) mass is 357 g/mol. The molecule has 134 valence electrons. The van der Waals surface area contributed by atoms with Crippen LogP contribution in [0.25, 0.3) is 5.65 Å². The molecule has 4 aromatic rings. The second kappa shape index (κ2) is 7.86. The fourth-order valence-corrected chi connectivity index (χ4v) is 2.87. The van der Waals surface area contributed by atoms with Crippen molar-refractivity contribution in [2.45, 2.75) is 13.0 Å². The van der Waals surface area contributed by atoms with Gasteiger partial charge in [0.1, 0.15) is 19.5 Å². The van der Waals surface area contributed by atoms with Crippen LogP contribution in [0.1, 0.15) is 11.1 Å². The van der Waals surface area contributed by atoms with Crippen molar-refractivity contribution in [1.82, 2.24) is 24.6 Å². The zero-order valence-corrected chi connectivity index (χ0v) is 15.1. The standard InChI is InChI=1S/C19H20BN7/c20-16-13-25-27-18(24-12-15-4-2-7-22-11-15)9-17(26-19(16)27)23-8-5-14-3-1-6-21-10-14/h1-4,6-7,9-11,13,24H,5,8,12,20H2,(H,23,26). The summed E-state index contributed by atoms with van der Waals surface area (Å²) in [7, 11) is 2.01. The van der Waals surface area contributed by atoms with Crippen LogP contribution in [0.3, 0.4) is 0 Å². The van der Waals surface area contributed by atoms with E-state index in [0.717, 1.165) is 41.3 Å². The molecule has 0 fully saturated rings. The number of pyridine rings is 2. The van der Waals surface area contributed by atoms with E-state index in [4.69, 9.17) is 4.98 Å². The lowest BCUT2D eigenvalue weighted by Crippen LogP contribution is -2.12. The summed E-state index contributed by atoms with van der Waals surface area (Å²) < 4.78 is 1.83. The highest BCUT2D eigenvalue weighted by molar-refractivity contribution is 6.36. The van der Waals surface area contributed by atoms with Gasteiger partial charge in [0.05, 0.1) is 0 Å². The summed E-state index contributed by atoms with van der Waals surface area (Å²) in [5.41, 5.74) is 4.18. The summed E-state index contributed by atoms with van der Waals surface area (Å²) in [4.78, 5) is 13.0. The van der Waals surface area contributed by atoms with Crippen LogP contribution in [0.5, 0.6) is 0 Å². The summed E-state index contributed by atoms with van der Waals surface area (Å²) in [5, 5.41) is 11.3. The van der Waals surface area contributed by atoms with Crippen LogP contribution in [-0.2, 0) is 13.0 Å². The van der Waals surface area contributed by atoms with Crippen LogP contribution in [-0.4, -0.2) is 39.0 Å². The molecule has 0 radical (unpaired) electrons. The average Bonchev–Trinajstić information content (AvgIpc) is 3.09. The molecule has 0 aliphatic heterocycles. The van der Waals surface area contributed by atoms with Crippen molar-refractivity contribution in [3.05, 3.63) is 72.4 Å². The second-order valence-electron chi connectivity index (χ2n) is 6.34. The number of hydrogen-bond acceptors (Lipinski definition) is 6. The van der Waals surface area contributed by atoms with Gasteiger partial charge in [0.25, 0.3) is 0 Å². The Labute approximate surface area is 158 Å². The van der Waals surface area contributed by atoms with Gasteiger partial charge in [-0.15, -0.1) is 0 Å². The van der Waals surface area contributed by atoms with Gasteiger partial charge in [-0.2, -0.15) is 9.61 Å².